The van der Waals surface area contributed by atoms with Crippen LogP contribution in [0.4, 0.5) is 0 Å². The summed E-state index contributed by atoms with van der Waals surface area (Å²) in [7, 11) is 0. The summed E-state index contributed by atoms with van der Waals surface area (Å²) in [5, 5.41) is 6.28. The number of amides is 1. The second-order valence-electron chi connectivity index (χ2n) is 5.49. The fourth-order valence-corrected chi connectivity index (χ4v) is 2.71. The van der Waals surface area contributed by atoms with Gasteiger partial charge in [0.25, 0.3) is 0 Å². The summed E-state index contributed by atoms with van der Waals surface area (Å²) in [5.74, 6) is 0.0917. The third-order valence-corrected chi connectivity index (χ3v) is 3.75. The number of nitrogens with one attached hydrogen (secondary N) is 2. The average Bonchev–Trinajstić information content (AvgIpc) is 2.87. The number of likely N-dealkylation sites (N-methyl/N-ethyl adjacent to an activating group) is 1. The van der Waals surface area contributed by atoms with Crippen molar-refractivity contribution >= 4 is 5.91 Å². The van der Waals surface area contributed by atoms with Crippen LogP contribution in [-0.2, 0) is 11.3 Å². The molecule has 2 atom stereocenters. The molecule has 1 fully saturated rings. The van der Waals surface area contributed by atoms with Crippen molar-refractivity contribution in [1.82, 2.24) is 15.5 Å². The van der Waals surface area contributed by atoms with Gasteiger partial charge in [-0.25, -0.2) is 0 Å². The topological polar surface area (TPSA) is 44.4 Å². The predicted octanol–water partition coefficient (Wildman–Crippen LogP) is 1.38. The van der Waals surface area contributed by atoms with Gasteiger partial charge in [-0.2, -0.15) is 0 Å². The molecule has 20 heavy (non-hydrogen) atoms. The van der Waals surface area contributed by atoms with E-state index in [4.69, 9.17) is 0 Å². The van der Waals surface area contributed by atoms with Crippen LogP contribution in [0.2, 0.25) is 0 Å². The Kier molecular flexibility index (Phi) is 5.56. The zero-order valence-electron chi connectivity index (χ0n) is 12.4. The molecule has 0 saturated carbocycles. The number of benzene rings is 1. The van der Waals surface area contributed by atoms with E-state index in [0.29, 0.717) is 12.6 Å². The van der Waals surface area contributed by atoms with Crippen LogP contribution in [0.5, 0.6) is 0 Å². The molecule has 0 aliphatic carbocycles. The van der Waals surface area contributed by atoms with Gasteiger partial charge in [0.05, 0.1) is 6.04 Å². The Hall–Kier alpha value is -1.39. The molecule has 0 aromatic heterocycles. The maximum Gasteiger partial charge on any atom is 0.236 e. The molecular weight excluding hydrogens is 250 g/mol. The first-order chi connectivity index (χ1) is 9.69. The minimum absolute atomic E-state index is 0.0917. The molecule has 1 heterocycles. The Morgan fingerprint density at radius 3 is 2.85 bits per heavy atom. The normalized spacial score (nSPS) is 20.8. The van der Waals surface area contributed by atoms with Crippen molar-refractivity contribution in [3.05, 3.63) is 35.9 Å². The van der Waals surface area contributed by atoms with E-state index in [1.807, 2.05) is 19.9 Å². The van der Waals surface area contributed by atoms with Crippen LogP contribution in [0.25, 0.3) is 0 Å². The maximum atomic E-state index is 11.7. The molecule has 1 aromatic carbocycles. The zero-order chi connectivity index (χ0) is 14.4. The Labute approximate surface area is 121 Å². The van der Waals surface area contributed by atoms with Crippen molar-refractivity contribution in [2.24, 2.45) is 0 Å². The molecule has 110 valence electrons. The highest BCUT2D eigenvalue weighted by atomic mass is 16.2. The molecule has 1 amide bonds. The molecule has 1 saturated heterocycles. The lowest BCUT2D eigenvalue weighted by molar-refractivity contribution is -0.122. The van der Waals surface area contributed by atoms with E-state index in [1.54, 1.807) is 0 Å². The number of hydrogen-bond donors (Lipinski definition) is 2. The lowest BCUT2D eigenvalue weighted by Gasteiger charge is -2.20. The van der Waals surface area contributed by atoms with Gasteiger partial charge in [0.15, 0.2) is 0 Å². The quantitative estimate of drug-likeness (QED) is 0.824. The highest BCUT2D eigenvalue weighted by Crippen LogP contribution is 2.13. The van der Waals surface area contributed by atoms with Crippen molar-refractivity contribution in [3.8, 4) is 0 Å². The summed E-state index contributed by atoms with van der Waals surface area (Å²) in [5.41, 5.74) is 1.35. The van der Waals surface area contributed by atoms with Gasteiger partial charge in [0.2, 0.25) is 5.91 Å². The van der Waals surface area contributed by atoms with Gasteiger partial charge in [-0.3, -0.25) is 9.69 Å². The lowest BCUT2D eigenvalue weighted by atomic mass is 10.2. The zero-order valence-corrected chi connectivity index (χ0v) is 12.4. The minimum atomic E-state index is -0.114. The van der Waals surface area contributed by atoms with Crippen molar-refractivity contribution in [2.75, 3.05) is 19.6 Å². The molecule has 1 aliphatic rings. The smallest absolute Gasteiger partial charge is 0.236 e. The van der Waals surface area contributed by atoms with Gasteiger partial charge in [-0.05, 0) is 25.8 Å². The monoisotopic (exact) mass is 275 g/mol. The summed E-state index contributed by atoms with van der Waals surface area (Å²) in [6.07, 6.45) is 1.11. The molecule has 2 N–H and O–H groups in total. The SMILES string of the molecule is CCNC(=O)C(C)NC1CCN(Cc2ccccc2)C1. The molecule has 0 bridgehead atoms. The number of nitrogens with zero attached hydrogens (tertiary/aromatic N) is 1. The van der Waals surface area contributed by atoms with E-state index in [9.17, 15) is 4.79 Å². The molecule has 4 nitrogen and oxygen atoms in total. The summed E-state index contributed by atoms with van der Waals surface area (Å²) < 4.78 is 0. The van der Waals surface area contributed by atoms with E-state index in [0.717, 1.165) is 26.1 Å². The number of carbonyl (C=O) groups excluding carboxylic acids is 1. The van der Waals surface area contributed by atoms with E-state index >= 15 is 0 Å². The number of hydrogen-bond acceptors (Lipinski definition) is 3. The molecule has 1 aliphatic heterocycles. The molecule has 0 radical (unpaired) electrons. The van der Waals surface area contributed by atoms with Gasteiger partial charge in [-0.1, -0.05) is 30.3 Å². The first-order valence-electron chi connectivity index (χ1n) is 7.49. The molecular formula is C16H25N3O. The fraction of sp³-hybridized carbons (Fsp3) is 0.562. The summed E-state index contributed by atoms with van der Waals surface area (Å²) >= 11 is 0. The van der Waals surface area contributed by atoms with Crippen LogP contribution in [0.15, 0.2) is 30.3 Å². The second kappa shape index (κ2) is 7.41. The fourth-order valence-electron chi connectivity index (χ4n) is 2.71. The van der Waals surface area contributed by atoms with E-state index in [2.05, 4.69) is 39.8 Å². The van der Waals surface area contributed by atoms with Gasteiger partial charge in [0, 0.05) is 32.2 Å². The molecule has 4 heteroatoms. The molecule has 1 aromatic rings. The molecule has 2 rings (SSSR count). The summed E-state index contributed by atoms with van der Waals surface area (Å²) in [6, 6.07) is 10.8. The maximum absolute atomic E-state index is 11.7. The van der Waals surface area contributed by atoms with Crippen LogP contribution < -0.4 is 10.6 Å². The van der Waals surface area contributed by atoms with Crippen LogP contribution in [0, 0.1) is 0 Å². The number of likely N-dealkylation sites (tertiary alicyclic amines) is 1. The average molecular weight is 275 g/mol. The van der Waals surface area contributed by atoms with E-state index in [-0.39, 0.29) is 11.9 Å². The Balaban J connectivity index is 1.76. The number of carbonyl (C=O) groups is 1. The largest absolute Gasteiger partial charge is 0.355 e. The summed E-state index contributed by atoms with van der Waals surface area (Å²) in [4.78, 5) is 14.2. The standard InChI is InChI=1S/C16H25N3O/c1-3-17-16(20)13(2)18-15-9-10-19(12-15)11-14-7-5-4-6-8-14/h4-8,13,15,18H,3,9-12H2,1-2H3,(H,17,20). The summed E-state index contributed by atoms with van der Waals surface area (Å²) in [6.45, 7) is 7.67. The van der Waals surface area contributed by atoms with Crippen molar-refractivity contribution < 1.29 is 4.79 Å². The van der Waals surface area contributed by atoms with Gasteiger partial charge >= 0.3 is 0 Å². The van der Waals surface area contributed by atoms with Crippen LogP contribution in [-0.4, -0.2) is 42.5 Å². The Bertz CT molecular complexity index is 421. The van der Waals surface area contributed by atoms with Crippen LogP contribution in [0.3, 0.4) is 0 Å². The third kappa shape index (κ3) is 4.32. The first kappa shape index (κ1) is 15.0. The van der Waals surface area contributed by atoms with Crippen molar-refractivity contribution in [1.29, 1.82) is 0 Å². The molecule has 0 spiro atoms. The van der Waals surface area contributed by atoms with Crippen molar-refractivity contribution in [2.45, 2.75) is 38.9 Å². The number of rotatable bonds is 6. The predicted molar refractivity (Wildman–Crippen MR) is 81.4 cm³/mol. The van der Waals surface area contributed by atoms with E-state index < -0.39 is 0 Å². The first-order valence-corrected chi connectivity index (χ1v) is 7.49. The Morgan fingerprint density at radius 1 is 1.40 bits per heavy atom. The lowest BCUT2D eigenvalue weighted by Crippen LogP contribution is -2.47. The van der Waals surface area contributed by atoms with Gasteiger partial charge in [-0.15, -0.1) is 0 Å². The second-order valence-corrected chi connectivity index (χ2v) is 5.49. The van der Waals surface area contributed by atoms with E-state index in [1.165, 1.54) is 5.56 Å². The van der Waals surface area contributed by atoms with Gasteiger partial charge in [0.1, 0.15) is 0 Å². The third-order valence-electron chi connectivity index (χ3n) is 3.75. The van der Waals surface area contributed by atoms with Crippen LogP contribution in [0.1, 0.15) is 25.8 Å². The molecule has 2 unspecified atom stereocenters. The highest BCUT2D eigenvalue weighted by molar-refractivity contribution is 5.81. The van der Waals surface area contributed by atoms with Crippen LogP contribution >= 0.6 is 0 Å². The Morgan fingerprint density at radius 2 is 2.15 bits per heavy atom. The van der Waals surface area contributed by atoms with Crippen molar-refractivity contribution in [3.63, 3.8) is 0 Å². The minimum Gasteiger partial charge on any atom is -0.355 e. The highest BCUT2D eigenvalue weighted by Gasteiger charge is 2.25. The van der Waals surface area contributed by atoms with Gasteiger partial charge < -0.3 is 10.6 Å².